The molecule has 9 nitrogen and oxygen atoms in total. The first-order chi connectivity index (χ1) is 17.1. The summed E-state index contributed by atoms with van der Waals surface area (Å²) in [5.74, 6) is 1.28. The van der Waals surface area contributed by atoms with Gasteiger partial charge < -0.3 is 29.2 Å². The predicted octanol–water partition coefficient (Wildman–Crippen LogP) is 2.52. The number of nitrogens with zero attached hydrogens (tertiary/aromatic N) is 4. The molecule has 36 heavy (non-hydrogen) atoms. The van der Waals surface area contributed by atoms with Crippen LogP contribution in [0.15, 0.2) is 12.4 Å². The van der Waals surface area contributed by atoms with Gasteiger partial charge in [-0.15, -0.1) is 0 Å². The maximum Gasteiger partial charge on any atom is 0.245 e. The summed E-state index contributed by atoms with van der Waals surface area (Å²) in [5, 5.41) is 3.37. The monoisotopic (exact) mass is 503 g/mol. The Balaban J connectivity index is 1.42. The Morgan fingerprint density at radius 1 is 1.19 bits per heavy atom. The summed E-state index contributed by atoms with van der Waals surface area (Å²) in [7, 11) is 1.99. The molecule has 1 spiro atoms. The number of likely N-dealkylation sites (tertiary alicyclic amines) is 1. The fourth-order valence-corrected chi connectivity index (χ4v) is 6.00. The van der Waals surface area contributed by atoms with E-state index >= 15 is 0 Å². The Morgan fingerprint density at radius 3 is 2.50 bits per heavy atom. The number of ether oxygens (including phenoxy) is 2. The summed E-state index contributed by atoms with van der Waals surface area (Å²) in [5.41, 5.74) is 0. The third kappa shape index (κ3) is 5.78. The fourth-order valence-electron chi connectivity index (χ4n) is 6.00. The summed E-state index contributed by atoms with van der Waals surface area (Å²) in [4.78, 5) is 35.6. The highest BCUT2D eigenvalue weighted by molar-refractivity contribution is 5.90. The van der Waals surface area contributed by atoms with Crippen LogP contribution in [-0.2, 0) is 26.1 Å². The molecule has 0 aliphatic carbocycles. The Morgan fingerprint density at radius 2 is 1.92 bits per heavy atom. The number of aryl methyl sites for hydroxylation is 1. The normalized spacial score (nSPS) is 30.4. The van der Waals surface area contributed by atoms with Crippen LogP contribution in [0.5, 0.6) is 0 Å². The smallest absolute Gasteiger partial charge is 0.245 e. The first-order valence-corrected chi connectivity index (χ1v) is 13.7. The van der Waals surface area contributed by atoms with Crippen molar-refractivity contribution in [3.8, 4) is 0 Å². The Hall–Kier alpha value is -1.97. The van der Waals surface area contributed by atoms with Gasteiger partial charge in [0, 0.05) is 58.0 Å². The summed E-state index contributed by atoms with van der Waals surface area (Å²) in [6.45, 7) is 13.6. The van der Waals surface area contributed by atoms with Crippen molar-refractivity contribution in [3.05, 3.63) is 18.2 Å². The van der Waals surface area contributed by atoms with Gasteiger partial charge in [-0.1, -0.05) is 27.7 Å². The SMILES string of the molecule is CC(C)CC(C(=O)N1CCC2(C[C@@H]1C)OCC(c1nccn1C)CO2)N1CCN[C@@H](CC(C)C)C1=O. The van der Waals surface area contributed by atoms with Crippen molar-refractivity contribution in [1.82, 2.24) is 24.7 Å². The Bertz CT molecular complexity index is 908. The van der Waals surface area contributed by atoms with Gasteiger partial charge in [0.05, 0.1) is 25.2 Å². The number of hydrogen-bond donors (Lipinski definition) is 1. The number of amides is 2. The third-order valence-corrected chi connectivity index (χ3v) is 7.86. The van der Waals surface area contributed by atoms with E-state index in [-0.39, 0.29) is 29.8 Å². The van der Waals surface area contributed by atoms with Gasteiger partial charge in [-0.25, -0.2) is 4.98 Å². The lowest BCUT2D eigenvalue weighted by atomic mass is 9.92. The number of aromatic nitrogens is 2. The molecule has 9 heteroatoms. The zero-order valence-electron chi connectivity index (χ0n) is 22.9. The molecule has 1 unspecified atom stereocenters. The number of piperazine rings is 1. The van der Waals surface area contributed by atoms with Gasteiger partial charge in [-0.2, -0.15) is 0 Å². The van der Waals surface area contributed by atoms with Crippen molar-refractivity contribution in [2.24, 2.45) is 18.9 Å². The van der Waals surface area contributed by atoms with E-state index in [0.29, 0.717) is 57.4 Å². The molecule has 202 valence electrons. The van der Waals surface area contributed by atoms with Crippen LogP contribution >= 0.6 is 0 Å². The fraction of sp³-hybridized carbons (Fsp3) is 0.815. The highest BCUT2D eigenvalue weighted by atomic mass is 16.7. The van der Waals surface area contributed by atoms with Crippen LogP contribution in [0.2, 0.25) is 0 Å². The molecule has 3 aliphatic heterocycles. The van der Waals surface area contributed by atoms with Gasteiger partial charge in [0.25, 0.3) is 0 Å². The number of carbonyl (C=O) groups is 2. The summed E-state index contributed by atoms with van der Waals surface area (Å²) in [6, 6.07) is -0.666. The molecule has 1 N–H and O–H groups in total. The second-order valence-electron chi connectivity index (χ2n) is 11.8. The minimum absolute atomic E-state index is 0.0323. The molecular formula is C27H45N5O4. The van der Waals surface area contributed by atoms with Gasteiger partial charge in [0.1, 0.15) is 11.9 Å². The minimum Gasteiger partial charge on any atom is -0.349 e. The van der Waals surface area contributed by atoms with Crippen molar-refractivity contribution in [2.75, 3.05) is 32.8 Å². The number of nitrogens with one attached hydrogen (secondary N) is 1. The van der Waals surface area contributed by atoms with Crippen molar-refractivity contribution in [2.45, 2.75) is 90.1 Å². The van der Waals surface area contributed by atoms with Crippen LogP contribution in [0.1, 0.15) is 72.0 Å². The second kappa shape index (κ2) is 11.2. The van der Waals surface area contributed by atoms with Crippen LogP contribution in [0.25, 0.3) is 0 Å². The van der Waals surface area contributed by atoms with Gasteiger partial charge in [-0.05, 0) is 31.6 Å². The highest BCUT2D eigenvalue weighted by Crippen LogP contribution is 2.37. The molecular weight excluding hydrogens is 458 g/mol. The lowest BCUT2D eigenvalue weighted by Gasteiger charge is -2.49. The van der Waals surface area contributed by atoms with E-state index in [9.17, 15) is 9.59 Å². The molecule has 3 aliphatic rings. The Labute approximate surface area is 215 Å². The van der Waals surface area contributed by atoms with E-state index in [0.717, 1.165) is 18.8 Å². The van der Waals surface area contributed by atoms with Crippen molar-refractivity contribution in [3.63, 3.8) is 0 Å². The zero-order chi connectivity index (χ0) is 26.0. The number of rotatable bonds is 7. The average molecular weight is 504 g/mol. The molecule has 0 bridgehead atoms. The molecule has 3 fully saturated rings. The average Bonchev–Trinajstić information content (AvgIpc) is 3.25. The van der Waals surface area contributed by atoms with Gasteiger partial charge in [0.2, 0.25) is 11.8 Å². The van der Waals surface area contributed by atoms with E-state index in [1.165, 1.54) is 0 Å². The van der Waals surface area contributed by atoms with Crippen molar-refractivity contribution in [1.29, 1.82) is 0 Å². The number of piperidine rings is 1. The first kappa shape index (κ1) is 27.1. The molecule has 0 radical (unpaired) electrons. The lowest BCUT2D eigenvalue weighted by Crippen LogP contribution is -2.64. The molecule has 0 aromatic carbocycles. The topological polar surface area (TPSA) is 88.9 Å². The van der Waals surface area contributed by atoms with Crippen LogP contribution in [-0.4, -0.2) is 87.9 Å². The quantitative estimate of drug-likeness (QED) is 0.615. The van der Waals surface area contributed by atoms with Crippen LogP contribution in [0.3, 0.4) is 0 Å². The second-order valence-corrected chi connectivity index (χ2v) is 11.8. The molecule has 0 saturated carbocycles. The van der Waals surface area contributed by atoms with Crippen LogP contribution in [0.4, 0.5) is 0 Å². The summed E-state index contributed by atoms with van der Waals surface area (Å²) >= 11 is 0. The van der Waals surface area contributed by atoms with Crippen LogP contribution in [0, 0.1) is 11.8 Å². The van der Waals surface area contributed by atoms with Gasteiger partial charge in [0.15, 0.2) is 5.79 Å². The largest absolute Gasteiger partial charge is 0.349 e. The Kier molecular flexibility index (Phi) is 8.42. The molecule has 2 amide bonds. The summed E-state index contributed by atoms with van der Waals surface area (Å²) in [6.07, 6.45) is 6.46. The van der Waals surface area contributed by atoms with Crippen molar-refractivity contribution >= 4 is 11.8 Å². The number of carbonyl (C=O) groups excluding carboxylic acids is 2. The molecule has 4 rings (SSSR count). The highest BCUT2D eigenvalue weighted by Gasteiger charge is 2.47. The van der Waals surface area contributed by atoms with E-state index in [2.05, 4.69) is 44.9 Å². The molecule has 1 aromatic rings. The van der Waals surface area contributed by atoms with E-state index < -0.39 is 11.8 Å². The lowest BCUT2D eigenvalue weighted by molar-refractivity contribution is -0.294. The van der Waals surface area contributed by atoms with E-state index in [1.807, 2.05) is 27.6 Å². The maximum atomic E-state index is 14.0. The maximum absolute atomic E-state index is 14.0. The number of imidazole rings is 1. The van der Waals surface area contributed by atoms with Gasteiger partial charge >= 0.3 is 0 Å². The predicted molar refractivity (Wildman–Crippen MR) is 137 cm³/mol. The zero-order valence-corrected chi connectivity index (χ0v) is 22.9. The number of hydrogen-bond acceptors (Lipinski definition) is 6. The van der Waals surface area contributed by atoms with Gasteiger partial charge in [-0.3, -0.25) is 9.59 Å². The molecule has 1 aromatic heterocycles. The molecule has 4 heterocycles. The van der Waals surface area contributed by atoms with E-state index in [1.54, 1.807) is 6.20 Å². The van der Waals surface area contributed by atoms with E-state index in [4.69, 9.17) is 9.47 Å². The summed E-state index contributed by atoms with van der Waals surface area (Å²) < 4.78 is 14.7. The molecule has 3 atom stereocenters. The first-order valence-electron chi connectivity index (χ1n) is 13.7. The third-order valence-electron chi connectivity index (χ3n) is 7.86. The standard InChI is InChI=1S/C27H45N5O4/c1-18(2)13-22-25(33)32(12-9-28-22)23(14-19(3)4)26(34)31-10-7-27(15-20(31)5)35-16-21(17-36-27)24-29-8-11-30(24)6/h8,11,18-23,28H,7,9-10,12-17H2,1-6H3/t20-,21?,22-,23?,27?/m0/s1. The minimum atomic E-state index is -0.654. The molecule has 3 saturated heterocycles. The van der Waals surface area contributed by atoms with Crippen LogP contribution < -0.4 is 5.32 Å². The van der Waals surface area contributed by atoms with Crippen molar-refractivity contribution < 1.29 is 19.1 Å².